The molecule has 0 atom stereocenters. The standard InChI is InChI=1S/CO.N.S/c1-2;;. The average molecular weight is 74.1 g/mol. The zero-order valence-corrected chi connectivity index (χ0v) is 2.58. The normalized spacial score (nSPS) is 0.500. The summed E-state index contributed by atoms with van der Waals surface area (Å²) in [5.74, 6) is 0. The van der Waals surface area contributed by atoms with E-state index in [1.54, 1.807) is 0 Å². The van der Waals surface area contributed by atoms with Crippen molar-refractivity contribution in [3.8, 4) is 0 Å². The van der Waals surface area contributed by atoms with Gasteiger partial charge in [-0.05, 0) is 0 Å². The maximum atomic E-state index is 7.50. The van der Waals surface area contributed by atoms with Crippen LogP contribution in [0.4, 0.5) is 0 Å². The molecule has 2 nitrogen and oxygen atoms in total. The Morgan fingerprint density at radius 2 is 1.25 bits per heavy atom. The van der Waals surface area contributed by atoms with Gasteiger partial charge in [0.05, 0.1) is 0 Å². The van der Waals surface area contributed by atoms with Gasteiger partial charge in [-0.15, -0.1) is 0 Å². The van der Waals surface area contributed by atoms with Gasteiger partial charge in [-0.3, -0.25) is 0 Å². The van der Waals surface area contributed by atoms with Crippen molar-refractivity contribution in [2.24, 2.45) is 0 Å². The Bertz CT molecular complexity index is 12.8. The van der Waals surface area contributed by atoms with Crippen molar-refractivity contribution in [3.05, 3.63) is 6.65 Å². The first kappa shape index (κ1) is 34.2. The number of hydrogen-bond donors (Lipinski definition) is 0. The van der Waals surface area contributed by atoms with Gasteiger partial charge in [0.1, 0.15) is 0 Å². The first-order chi connectivity index (χ1) is 1.00. The van der Waals surface area contributed by atoms with Crippen LogP contribution >= 0.6 is 13.5 Å². The third-order valence-corrected chi connectivity index (χ3v) is 0. The van der Waals surface area contributed by atoms with Crippen molar-refractivity contribution in [1.29, 1.82) is 0 Å². The Labute approximate surface area is 31.9 Å². The molecule has 0 aliphatic heterocycles. The van der Waals surface area contributed by atoms with Crippen molar-refractivity contribution >= 4 is 13.5 Å². The molecule has 0 rings (SSSR count). The fourth-order valence-electron chi connectivity index (χ4n) is 0. The molecule has 3 heteroatoms. The second kappa shape index (κ2) is 5130. The van der Waals surface area contributed by atoms with E-state index < -0.39 is 0 Å². The first-order valence-electron chi connectivity index (χ1n) is 0.204. The molecule has 0 unspecified atom stereocenters. The van der Waals surface area contributed by atoms with Crippen molar-refractivity contribution in [3.63, 3.8) is 0 Å². The largest absolute Gasteiger partial charge is 0 e. The molecular weight excluding hydrogens is 74.1 g/mol. The molecule has 21 valence electrons. The van der Waals surface area contributed by atoms with Crippen molar-refractivity contribution in [2.45, 2.75) is 0 Å². The van der Waals surface area contributed by atoms with Gasteiger partial charge < -0.3 is 0 Å². The maximum absolute atomic E-state index is 7.50. The fourth-order valence-corrected chi connectivity index (χ4v) is 0. The van der Waals surface area contributed by atoms with Crippen molar-refractivity contribution in [1.82, 2.24) is 6.15 Å². The van der Waals surface area contributed by atoms with Crippen LogP contribution in [0, 0.1) is 6.65 Å². The molecule has 0 spiro atoms. The molecule has 0 N–H and O–H groups in total. The Morgan fingerprint density at radius 1 is 1.25 bits per heavy atom. The molecule has 0 aromatic rings. The molecule has 0 heterocycles. The fraction of sp³-hybridized carbons (Fsp3) is 0. The summed E-state index contributed by atoms with van der Waals surface area (Å²) in [4.78, 5) is 0. The zero-order chi connectivity index (χ0) is 2.00. The van der Waals surface area contributed by atoms with E-state index >= 15 is 0 Å². The van der Waals surface area contributed by atoms with E-state index in [4.69, 9.17) is 4.65 Å². The summed E-state index contributed by atoms with van der Waals surface area (Å²) in [6.45, 7) is 4.50. The van der Waals surface area contributed by atoms with Gasteiger partial charge in [-0.2, -0.15) is 0 Å². The Kier molecular flexibility index (Phi) is 43800. The van der Waals surface area contributed by atoms with Gasteiger partial charge in [-0.1, -0.05) is 0 Å². The van der Waals surface area contributed by atoms with Crippen LogP contribution in [0.1, 0.15) is 0 Å². The predicted molar refractivity (Wildman–Crippen MR) is 13.7 cm³/mol. The first-order valence-corrected chi connectivity index (χ1v) is 0.204. The minimum Gasteiger partial charge on any atom is 0 e. The van der Waals surface area contributed by atoms with Gasteiger partial charge in [0.25, 0.3) is 0 Å². The quantitative estimate of drug-likeness (QED) is 0.289. The average Bonchev–Trinajstić information content (AvgIpc) is 1.00. The molecule has 0 saturated heterocycles. The van der Waals surface area contributed by atoms with Crippen LogP contribution in [-0.2, 0) is 4.65 Å². The van der Waals surface area contributed by atoms with Crippen LogP contribution in [0.3, 0.4) is 0 Å². The van der Waals surface area contributed by atoms with Crippen LogP contribution < -0.4 is 6.15 Å². The van der Waals surface area contributed by atoms with Gasteiger partial charge in [0, 0.05) is 19.6 Å². The zero-order valence-electron chi connectivity index (χ0n) is 1.76. The minimum absolute atomic E-state index is 0. The van der Waals surface area contributed by atoms with Crippen LogP contribution in [0.2, 0.25) is 0 Å². The summed E-state index contributed by atoms with van der Waals surface area (Å²) in [5, 5.41) is 0. The van der Waals surface area contributed by atoms with Gasteiger partial charge in [0.2, 0.25) is 0 Å². The maximum Gasteiger partial charge on any atom is 0 e. The monoisotopic (exact) mass is 74.0 g/mol. The van der Waals surface area contributed by atoms with E-state index in [2.05, 4.69) is 6.65 Å². The molecule has 5 radical (unpaired) electrons. The molecular formula is CNOS. The van der Waals surface area contributed by atoms with Crippen LogP contribution in [-0.4, -0.2) is 0 Å². The Hall–Kier alpha value is 0.0500. The molecule has 0 bridgehead atoms. The van der Waals surface area contributed by atoms with Gasteiger partial charge in [0.15, 0.2) is 0 Å². The molecule has 0 amide bonds. The Balaban J connectivity index is -0.00000000500. The third kappa shape index (κ3) is 904. The van der Waals surface area contributed by atoms with E-state index in [9.17, 15) is 0 Å². The molecule has 0 aliphatic carbocycles. The number of rotatable bonds is 0. The summed E-state index contributed by atoms with van der Waals surface area (Å²) in [6.07, 6.45) is 0. The minimum atomic E-state index is 0. The van der Waals surface area contributed by atoms with Gasteiger partial charge in [-0.25, -0.2) is 0 Å². The smallest absolute Gasteiger partial charge is 0 e. The summed E-state index contributed by atoms with van der Waals surface area (Å²) >= 11 is 0. The number of hydrogen-bond acceptors (Lipinski definition) is 0. The van der Waals surface area contributed by atoms with E-state index in [0.29, 0.717) is 0 Å². The SMILES string of the molecule is [C-]#[O+].[N].[S]. The van der Waals surface area contributed by atoms with E-state index in [-0.39, 0.29) is 19.6 Å². The predicted octanol–water partition coefficient (Wildman–Crippen LogP) is 0.130. The van der Waals surface area contributed by atoms with E-state index in [1.807, 2.05) is 0 Å². The second-order valence-corrected chi connectivity index (χ2v) is 0. The molecule has 0 aromatic carbocycles. The second-order valence-electron chi connectivity index (χ2n) is 0. The molecule has 0 fully saturated rings. The summed E-state index contributed by atoms with van der Waals surface area (Å²) < 4.78 is 7.50. The van der Waals surface area contributed by atoms with E-state index in [1.165, 1.54) is 0 Å². The van der Waals surface area contributed by atoms with Crippen LogP contribution in [0.15, 0.2) is 0 Å². The topological polar surface area (TPSA) is 50.4 Å². The molecule has 0 saturated carbocycles. The van der Waals surface area contributed by atoms with Crippen molar-refractivity contribution < 1.29 is 4.65 Å². The summed E-state index contributed by atoms with van der Waals surface area (Å²) in [5.41, 5.74) is 0. The summed E-state index contributed by atoms with van der Waals surface area (Å²) in [6, 6.07) is 0. The molecule has 0 aliphatic rings. The molecule has 4 heavy (non-hydrogen) atoms. The third-order valence-electron chi connectivity index (χ3n) is 0. The van der Waals surface area contributed by atoms with Gasteiger partial charge >= 0.3 is 11.3 Å². The van der Waals surface area contributed by atoms with Crippen LogP contribution in [0.25, 0.3) is 0 Å². The number of nitrogens with zero attached hydrogens (tertiary/aromatic N) is 1. The Morgan fingerprint density at radius 3 is 1.25 bits per heavy atom. The van der Waals surface area contributed by atoms with E-state index in [0.717, 1.165) is 0 Å². The molecule has 0 aromatic heterocycles. The van der Waals surface area contributed by atoms with Crippen LogP contribution in [0.5, 0.6) is 0 Å². The van der Waals surface area contributed by atoms with Crippen molar-refractivity contribution in [2.75, 3.05) is 0 Å². The summed E-state index contributed by atoms with van der Waals surface area (Å²) in [7, 11) is 0.